The minimum Gasteiger partial charge on any atom is -0.364 e. The lowest BCUT2D eigenvalue weighted by Gasteiger charge is -2.09. The molecule has 0 saturated carbocycles. The second-order valence-electron chi connectivity index (χ2n) is 7.47. The lowest BCUT2D eigenvalue weighted by atomic mass is 10.2. The molecule has 4 aromatic rings. The Balaban J connectivity index is 1.29. The van der Waals surface area contributed by atoms with Crippen LogP contribution in [0.5, 0.6) is 0 Å². The number of hydrogen-bond donors (Lipinski definition) is 2. The third-order valence-electron chi connectivity index (χ3n) is 4.83. The zero-order chi connectivity index (χ0) is 22.5. The molecule has 1 heterocycles. The molecule has 1 amide bonds. The summed E-state index contributed by atoms with van der Waals surface area (Å²) in [4.78, 5) is 33.6. The first-order valence-corrected chi connectivity index (χ1v) is 11.0. The van der Waals surface area contributed by atoms with E-state index in [2.05, 4.69) is 47.3 Å². The van der Waals surface area contributed by atoms with Gasteiger partial charge in [-0.3, -0.25) is 9.59 Å². The van der Waals surface area contributed by atoms with E-state index < -0.39 is 0 Å². The van der Waals surface area contributed by atoms with Crippen LogP contribution in [0.15, 0.2) is 81.3 Å². The number of amides is 1. The first-order valence-electron chi connectivity index (χ1n) is 10.2. The summed E-state index contributed by atoms with van der Waals surface area (Å²) in [7, 11) is 0. The number of benzene rings is 3. The molecule has 6 nitrogen and oxygen atoms in total. The predicted octanol–water partition coefficient (Wildman–Crippen LogP) is 4.85. The average Bonchev–Trinajstić information content (AvgIpc) is 2.77. The van der Waals surface area contributed by atoms with Gasteiger partial charge in [0.1, 0.15) is 19.0 Å². The molecule has 0 saturated heterocycles. The van der Waals surface area contributed by atoms with Crippen molar-refractivity contribution in [2.45, 2.75) is 30.2 Å². The molecule has 0 aliphatic rings. The van der Waals surface area contributed by atoms with E-state index in [9.17, 15) is 9.59 Å². The van der Waals surface area contributed by atoms with Gasteiger partial charge in [0.25, 0.3) is 5.56 Å². The standard InChI is InChI=1S/C25H23N3O3S/c1-16-7-12-22(17(2)13-16)32-19-10-8-18(9-11-19)26-24(29)15-31-14-23-27-21-6-4-3-5-20(21)25(30)28-23/h3-13H,14-15H2,1-2H3,(H,26,29)(H,27,28,30). The van der Waals surface area contributed by atoms with Crippen molar-refractivity contribution in [2.75, 3.05) is 11.9 Å². The summed E-state index contributed by atoms with van der Waals surface area (Å²) in [6.07, 6.45) is 0. The summed E-state index contributed by atoms with van der Waals surface area (Å²) in [5, 5.41) is 3.34. The summed E-state index contributed by atoms with van der Waals surface area (Å²) in [5.74, 6) is 0.109. The van der Waals surface area contributed by atoms with Crippen LogP contribution < -0.4 is 10.9 Å². The van der Waals surface area contributed by atoms with E-state index in [-0.39, 0.29) is 24.7 Å². The Morgan fingerprint density at radius 1 is 1.06 bits per heavy atom. The quantitative estimate of drug-likeness (QED) is 0.425. The molecule has 0 atom stereocenters. The van der Waals surface area contributed by atoms with Crippen LogP contribution in [0, 0.1) is 13.8 Å². The fourth-order valence-electron chi connectivity index (χ4n) is 3.29. The van der Waals surface area contributed by atoms with Crippen molar-refractivity contribution in [3.63, 3.8) is 0 Å². The van der Waals surface area contributed by atoms with E-state index >= 15 is 0 Å². The van der Waals surface area contributed by atoms with E-state index in [0.717, 1.165) is 4.90 Å². The molecule has 162 valence electrons. The lowest BCUT2D eigenvalue weighted by Crippen LogP contribution is -2.19. The average molecular weight is 446 g/mol. The number of carbonyl (C=O) groups excluding carboxylic acids is 1. The molecule has 32 heavy (non-hydrogen) atoms. The molecule has 1 aromatic heterocycles. The van der Waals surface area contributed by atoms with Crippen molar-refractivity contribution in [1.29, 1.82) is 0 Å². The van der Waals surface area contributed by atoms with Crippen molar-refractivity contribution in [3.05, 3.63) is 94.0 Å². The van der Waals surface area contributed by atoms with Crippen LogP contribution >= 0.6 is 11.8 Å². The Morgan fingerprint density at radius 2 is 1.84 bits per heavy atom. The largest absolute Gasteiger partial charge is 0.364 e. The zero-order valence-corrected chi connectivity index (χ0v) is 18.7. The van der Waals surface area contributed by atoms with Gasteiger partial charge >= 0.3 is 0 Å². The number of nitrogens with one attached hydrogen (secondary N) is 2. The molecule has 0 aliphatic carbocycles. The number of nitrogens with zero attached hydrogens (tertiary/aromatic N) is 1. The van der Waals surface area contributed by atoms with Gasteiger partial charge < -0.3 is 15.0 Å². The molecule has 0 fully saturated rings. The van der Waals surface area contributed by atoms with E-state index in [1.807, 2.05) is 30.3 Å². The Kier molecular flexibility index (Phi) is 6.68. The first-order chi connectivity index (χ1) is 15.5. The summed E-state index contributed by atoms with van der Waals surface area (Å²) in [5.41, 5.74) is 3.55. The number of aromatic nitrogens is 2. The van der Waals surface area contributed by atoms with Crippen LogP contribution in [0.1, 0.15) is 17.0 Å². The topological polar surface area (TPSA) is 84.1 Å². The highest BCUT2D eigenvalue weighted by Crippen LogP contribution is 2.31. The zero-order valence-electron chi connectivity index (χ0n) is 17.8. The summed E-state index contributed by atoms with van der Waals surface area (Å²) >= 11 is 1.69. The van der Waals surface area contributed by atoms with Gasteiger partial charge in [-0.1, -0.05) is 41.6 Å². The fourth-order valence-corrected chi connectivity index (χ4v) is 4.17. The number of ether oxygens (including phenoxy) is 1. The van der Waals surface area contributed by atoms with Crippen molar-refractivity contribution in [2.24, 2.45) is 0 Å². The number of para-hydroxylation sites is 1. The second-order valence-corrected chi connectivity index (χ2v) is 8.58. The van der Waals surface area contributed by atoms with Crippen molar-refractivity contribution in [1.82, 2.24) is 9.97 Å². The van der Waals surface area contributed by atoms with Gasteiger partial charge in [-0.25, -0.2) is 4.98 Å². The second kappa shape index (κ2) is 9.80. The molecular weight excluding hydrogens is 422 g/mol. The number of anilines is 1. The van der Waals surface area contributed by atoms with Crippen molar-refractivity contribution < 1.29 is 9.53 Å². The SMILES string of the molecule is Cc1ccc(Sc2ccc(NC(=O)COCc3nc4ccccc4c(=O)[nH]3)cc2)c(C)c1. The van der Waals surface area contributed by atoms with E-state index in [0.29, 0.717) is 22.4 Å². The van der Waals surface area contributed by atoms with Gasteiger partial charge in [0, 0.05) is 15.5 Å². The molecule has 0 spiro atoms. The Hall–Kier alpha value is -3.42. The Labute approximate surface area is 190 Å². The van der Waals surface area contributed by atoms with Crippen LogP contribution in [0.3, 0.4) is 0 Å². The monoisotopic (exact) mass is 445 g/mol. The fraction of sp³-hybridized carbons (Fsp3) is 0.160. The van der Waals surface area contributed by atoms with Crippen LogP contribution in [0.2, 0.25) is 0 Å². The van der Waals surface area contributed by atoms with E-state index in [1.165, 1.54) is 16.0 Å². The molecule has 7 heteroatoms. The number of carbonyl (C=O) groups is 1. The summed E-state index contributed by atoms with van der Waals surface area (Å²) in [6.45, 7) is 4.09. The van der Waals surface area contributed by atoms with Crippen molar-refractivity contribution >= 4 is 34.3 Å². The highest BCUT2D eigenvalue weighted by atomic mass is 32.2. The normalized spacial score (nSPS) is 10.9. The number of rotatable bonds is 7. The van der Waals surface area contributed by atoms with Crippen molar-refractivity contribution in [3.8, 4) is 0 Å². The Bertz CT molecular complexity index is 1320. The van der Waals surface area contributed by atoms with Crippen LogP contribution in [-0.4, -0.2) is 22.5 Å². The molecule has 0 radical (unpaired) electrons. The molecule has 0 bridgehead atoms. The highest BCUT2D eigenvalue weighted by molar-refractivity contribution is 7.99. The number of aryl methyl sites for hydroxylation is 2. The van der Waals surface area contributed by atoms with Gasteiger partial charge in [-0.05, 0) is 61.9 Å². The molecule has 2 N–H and O–H groups in total. The third-order valence-corrected chi connectivity index (χ3v) is 6.02. The smallest absolute Gasteiger partial charge is 0.258 e. The van der Waals surface area contributed by atoms with Gasteiger partial charge in [0.2, 0.25) is 5.91 Å². The maximum atomic E-state index is 12.2. The first kappa shape index (κ1) is 21.8. The van der Waals surface area contributed by atoms with Gasteiger partial charge in [-0.2, -0.15) is 0 Å². The predicted molar refractivity (Wildman–Crippen MR) is 127 cm³/mol. The number of H-pyrrole nitrogens is 1. The van der Waals surface area contributed by atoms with Gasteiger partial charge in [-0.15, -0.1) is 0 Å². The lowest BCUT2D eigenvalue weighted by molar-refractivity contribution is -0.121. The molecular formula is C25H23N3O3S. The van der Waals surface area contributed by atoms with Crippen LogP contribution in [0.4, 0.5) is 5.69 Å². The molecule has 3 aromatic carbocycles. The van der Waals surface area contributed by atoms with E-state index in [1.54, 1.807) is 30.0 Å². The number of aromatic amines is 1. The number of hydrogen-bond acceptors (Lipinski definition) is 5. The third kappa shape index (κ3) is 5.43. The summed E-state index contributed by atoms with van der Waals surface area (Å²) in [6, 6.07) is 21.2. The molecule has 0 unspecified atom stereocenters. The van der Waals surface area contributed by atoms with E-state index in [4.69, 9.17) is 4.74 Å². The van der Waals surface area contributed by atoms with Gasteiger partial charge in [0.15, 0.2) is 0 Å². The molecule has 4 rings (SSSR count). The number of fused-ring (bicyclic) bond motifs is 1. The molecule has 0 aliphatic heterocycles. The maximum Gasteiger partial charge on any atom is 0.258 e. The highest BCUT2D eigenvalue weighted by Gasteiger charge is 2.07. The Morgan fingerprint density at radius 3 is 2.62 bits per heavy atom. The minimum atomic E-state index is -0.275. The summed E-state index contributed by atoms with van der Waals surface area (Å²) < 4.78 is 5.43. The minimum absolute atomic E-state index is 0.0406. The van der Waals surface area contributed by atoms with Crippen LogP contribution in [0.25, 0.3) is 10.9 Å². The van der Waals surface area contributed by atoms with Crippen LogP contribution in [-0.2, 0) is 16.1 Å². The maximum absolute atomic E-state index is 12.2. The van der Waals surface area contributed by atoms with Gasteiger partial charge in [0.05, 0.1) is 10.9 Å².